The van der Waals surface area contributed by atoms with Crippen molar-refractivity contribution >= 4 is 17.7 Å². The molecule has 152 valence electrons. The zero-order valence-corrected chi connectivity index (χ0v) is 15.0. The van der Waals surface area contributed by atoms with Crippen molar-refractivity contribution in [1.82, 2.24) is 0 Å². The third-order valence-electron chi connectivity index (χ3n) is 4.97. The molecule has 1 unspecified atom stereocenters. The number of Topliss-reactive ketones (excluding diaryl/α,β-unsaturated/α-hetero) is 1. The smallest absolute Gasteiger partial charge is 0.336 e. The molecule has 0 spiro atoms. The van der Waals surface area contributed by atoms with E-state index in [1.54, 1.807) is 0 Å². The van der Waals surface area contributed by atoms with Gasteiger partial charge in [-0.05, 0) is 29.8 Å². The van der Waals surface area contributed by atoms with Crippen LogP contribution in [-0.2, 0) is 4.79 Å². The molecule has 3 N–H and O–H groups in total. The van der Waals surface area contributed by atoms with Gasteiger partial charge < -0.3 is 20.1 Å². The van der Waals surface area contributed by atoms with E-state index in [4.69, 9.17) is 4.74 Å². The van der Waals surface area contributed by atoms with Gasteiger partial charge in [-0.15, -0.1) is 0 Å². The fourth-order valence-electron chi connectivity index (χ4n) is 3.60. The first-order valence-electron chi connectivity index (χ1n) is 8.61. The number of carboxylic acids is 2. The Morgan fingerprint density at radius 3 is 2.43 bits per heavy atom. The number of phenols is 1. The first-order chi connectivity index (χ1) is 14.2. The van der Waals surface area contributed by atoms with Gasteiger partial charge in [0.25, 0.3) is 0 Å². The van der Waals surface area contributed by atoms with E-state index in [0.29, 0.717) is 0 Å². The lowest BCUT2D eigenvalue weighted by Crippen LogP contribution is -2.23. The van der Waals surface area contributed by atoms with Gasteiger partial charge in [-0.25, -0.2) is 18.4 Å². The van der Waals surface area contributed by atoms with Crippen molar-refractivity contribution in [3.63, 3.8) is 0 Å². The van der Waals surface area contributed by atoms with Gasteiger partial charge in [0.05, 0.1) is 17.5 Å². The predicted octanol–water partition coefficient (Wildman–Crippen LogP) is 3.53. The minimum absolute atomic E-state index is 0.0280. The predicted molar refractivity (Wildman–Crippen MR) is 96.7 cm³/mol. The van der Waals surface area contributed by atoms with Crippen LogP contribution in [0.5, 0.6) is 11.5 Å². The summed E-state index contributed by atoms with van der Waals surface area (Å²) in [7, 11) is 0. The molecule has 2 aromatic rings. The van der Waals surface area contributed by atoms with Crippen LogP contribution in [0.25, 0.3) is 0 Å². The summed E-state index contributed by atoms with van der Waals surface area (Å²) in [5, 5.41) is 28.5. The number of hydrogen-bond acceptors (Lipinski definition) is 5. The van der Waals surface area contributed by atoms with Gasteiger partial charge >= 0.3 is 11.9 Å². The summed E-state index contributed by atoms with van der Waals surface area (Å²) in [6.45, 7) is 0. The number of rotatable bonds is 3. The molecule has 0 aromatic heterocycles. The van der Waals surface area contributed by atoms with E-state index >= 15 is 0 Å². The zero-order chi connectivity index (χ0) is 21.7. The Kier molecular flexibility index (Phi) is 4.38. The highest BCUT2D eigenvalue weighted by Gasteiger charge is 2.37. The highest BCUT2D eigenvalue weighted by atomic mass is 19.1. The van der Waals surface area contributed by atoms with Crippen LogP contribution in [0.15, 0.2) is 53.6 Å². The highest BCUT2D eigenvalue weighted by molar-refractivity contribution is 5.98. The summed E-state index contributed by atoms with van der Waals surface area (Å²) in [5.41, 5.74) is -0.426. The number of benzene rings is 2. The van der Waals surface area contributed by atoms with Crippen LogP contribution in [0.4, 0.5) is 8.78 Å². The number of aromatic carboxylic acids is 2. The number of ether oxygens (including phenoxy) is 1. The standard InChI is InChI=1S/C21H12F2O7/c22-13-4-11-17(6-15(13)24)30-18-7-16(25)14(23)5-12(18)19(11)9-2-1-8(20(26)27)3-10(9)21(28)29/h1-6,19,24H,7H2,(H,26,27)(H,28,29). The average Bonchev–Trinajstić information content (AvgIpc) is 2.68. The van der Waals surface area contributed by atoms with Crippen molar-refractivity contribution in [1.29, 1.82) is 0 Å². The number of halogens is 2. The SMILES string of the molecule is O=C1CC2=C(C=C1F)C(c1ccc(C(=O)O)cc1C(=O)O)c1cc(F)c(O)cc1O2. The molecule has 0 amide bonds. The largest absolute Gasteiger partial charge is 0.505 e. The van der Waals surface area contributed by atoms with Crippen LogP contribution in [0.3, 0.4) is 0 Å². The molecule has 2 aromatic carbocycles. The normalized spacial score (nSPS) is 17.6. The molecule has 1 aliphatic heterocycles. The molecule has 0 saturated heterocycles. The van der Waals surface area contributed by atoms with Crippen LogP contribution in [-0.4, -0.2) is 33.0 Å². The topological polar surface area (TPSA) is 121 Å². The lowest BCUT2D eigenvalue weighted by molar-refractivity contribution is -0.116. The van der Waals surface area contributed by atoms with Gasteiger partial charge in [0.1, 0.15) is 11.5 Å². The average molecular weight is 414 g/mol. The second-order valence-electron chi connectivity index (χ2n) is 6.76. The molecule has 0 bridgehead atoms. The summed E-state index contributed by atoms with van der Waals surface area (Å²) in [6.07, 6.45) is 0.456. The summed E-state index contributed by atoms with van der Waals surface area (Å²) in [5.74, 6) is -7.51. The Hall–Kier alpha value is -4.01. The molecule has 0 saturated carbocycles. The molecule has 1 atom stereocenters. The van der Waals surface area contributed by atoms with E-state index < -0.39 is 53.0 Å². The third kappa shape index (κ3) is 3.00. The van der Waals surface area contributed by atoms with Crippen molar-refractivity contribution in [2.75, 3.05) is 0 Å². The second kappa shape index (κ2) is 6.80. The lowest BCUT2D eigenvalue weighted by Gasteiger charge is -2.32. The van der Waals surface area contributed by atoms with Crippen LogP contribution >= 0.6 is 0 Å². The number of aromatic hydroxyl groups is 1. The fourth-order valence-corrected chi connectivity index (χ4v) is 3.60. The number of phenolic OH excluding ortho intramolecular Hbond substituents is 1. The highest BCUT2D eigenvalue weighted by Crippen LogP contribution is 2.48. The Morgan fingerprint density at radius 2 is 1.77 bits per heavy atom. The van der Waals surface area contributed by atoms with E-state index in [-0.39, 0.29) is 33.8 Å². The third-order valence-corrected chi connectivity index (χ3v) is 4.97. The van der Waals surface area contributed by atoms with Gasteiger partial charge in [0, 0.05) is 23.1 Å². The van der Waals surface area contributed by atoms with Crippen molar-refractivity contribution in [3.8, 4) is 11.5 Å². The maximum Gasteiger partial charge on any atom is 0.336 e. The van der Waals surface area contributed by atoms with Crippen LogP contribution in [0, 0.1) is 5.82 Å². The van der Waals surface area contributed by atoms with Gasteiger partial charge in [0.15, 0.2) is 23.2 Å². The van der Waals surface area contributed by atoms with Gasteiger partial charge in [-0.3, -0.25) is 4.79 Å². The van der Waals surface area contributed by atoms with Gasteiger partial charge in [-0.1, -0.05) is 6.07 Å². The molecular formula is C21H12F2O7. The number of allylic oxidation sites excluding steroid dienone is 4. The van der Waals surface area contributed by atoms with Crippen LogP contribution in [0.2, 0.25) is 0 Å². The van der Waals surface area contributed by atoms with Crippen molar-refractivity contribution < 1.29 is 43.2 Å². The Bertz CT molecular complexity index is 1210. The molecule has 2 aliphatic rings. The Morgan fingerprint density at radius 1 is 1.03 bits per heavy atom. The zero-order valence-electron chi connectivity index (χ0n) is 15.0. The van der Waals surface area contributed by atoms with Crippen molar-refractivity contribution in [2.24, 2.45) is 0 Å². The van der Waals surface area contributed by atoms with E-state index in [2.05, 4.69) is 0 Å². The number of carboxylic acid groups (broad SMARTS) is 2. The minimum Gasteiger partial charge on any atom is -0.505 e. The summed E-state index contributed by atoms with van der Waals surface area (Å²) < 4.78 is 33.8. The Labute approximate surface area is 167 Å². The van der Waals surface area contributed by atoms with Crippen LogP contribution < -0.4 is 4.74 Å². The molecule has 30 heavy (non-hydrogen) atoms. The van der Waals surface area contributed by atoms with E-state index in [9.17, 15) is 38.5 Å². The Balaban J connectivity index is 2.02. The van der Waals surface area contributed by atoms with Crippen molar-refractivity contribution in [3.05, 3.63) is 81.6 Å². The second-order valence-corrected chi connectivity index (χ2v) is 6.76. The molecule has 7 nitrogen and oxygen atoms in total. The molecule has 0 radical (unpaired) electrons. The molecule has 4 rings (SSSR count). The number of carbonyl (C=O) groups is 3. The molecule has 1 heterocycles. The van der Waals surface area contributed by atoms with E-state index in [1.165, 1.54) is 12.1 Å². The monoisotopic (exact) mass is 414 g/mol. The fraction of sp³-hybridized carbons (Fsp3) is 0.0952. The molecule has 9 heteroatoms. The van der Waals surface area contributed by atoms with E-state index in [0.717, 1.165) is 24.3 Å². The number of hydrogen-bond donors (Lipinski definition) is 3. The summed E-state index contributed by atoms with van der Waals surface area (Å²) in [4.78, 5) is 34.9. The van der Waals surface area contributed by atoms with Crippen LogP contribution in [0.1, 0.15) is 44.2 Å². The van der Waals surface area contributed by atoms with E-state index in [1.807, 2.05) is 0 Å². The lowest BCUT2D eigenvalue weighted by atomic mass is 9.77. The number of ketones is 1. The minimum atomic E-state index is -1.45. The number of fused-ring (bicyclic) bond motifs is 1. The quantitative estimate of drug-likeness (QED) is 0.702. The van der Waals surface area contributed by atoms with Gasteiger partial charge in [-0.2, -0.15) is 0 Å². The maximum absolute atomic E-state index is 14.1. The first-order valence-corrected chi connectivity index (χ1v) is 8.61. The van der Waals surface area contributed by atoms with Gasteiger partial charge in [0.2, 0.25) is 0 Å². The summed E-state index contributed by atoms with van der Waals surface area (Å²) in [6, 6.07) is 5.26. The molecule has 0 fully saturated rings. The molecule has 1 aliphatic carbocycles. The first kappa shape index (κ1) is 19.3. The number of carbonyl (C=O) groups excluding carboxylic acids is 1. The van der Waals surface area contributed by atoms with Crippen molar-refractivity contribution in [2.45, 2.75) is 12.3 Å². The summed E-state index contributed by atoms with van der Waals surface area (Å²) >= 11 is 0. The maximum atomic E-state index is 14.1. The molecular weight excluding hydrogens is 402 g/mol.